The largest absolute Gasteiger partial charge is 0.452 e. The fraction of sp³-hybridized carbons (Fsp3) is 0.545. The summed E-state index contributed by atoms with van der Waals surface area (Å²) >= 11 is 0. The highest BCUT2D eigenvalue weighted by Gasteiger charge is 2.38. The van der Waals surface area contributed by atoms with Gasteiger partial charge in [-0.3, -0.25) is 4.79 Å². The minimum Gasteiger partial charge on any atom is -0.452 e. The molecule has 0 spiro atoms. The van der Waals surface area contributed by atoms with Gasteiger partial charge in [0.05, 0.1) is 11.5 Å². The van der Waals surface area contributed by atoms with Crippen LogP contribution < -0.4 is 4.74 Å². The third-order valence-electron chi connectivity index (χ3n) is 5.71. The number of esters is 1. The maximum atomic E-state index is 12.9. The van der Waals surface area contributed by atoms with E-state index in [9.17, 15) is 26.8 Å². The molecule has 1 aliphatic heterocycles. The second-order valence-electron chi connectivity index (χ2n) is 8.04. The molecule has 1 unspecified atom stereocenters. The van der Waals surface area contributed by atoms with Crippen LogP contribution in [-0.2, 0) is 24.2 Å². The van der Waals surface area contributed by atoms with Crippen molar-refractivity contribution in [3.8, 4) is 5.75 Å². The lowest BCUT2D eigenvalue weighted by atomic mass is 9.93. The quantitative estimate of drug-likeness (QED) is 0.427. The van der Waals surface area contributed by atoms with Crippen molar-refractivity contribution in [2.45, 2.75) is 57.2 Å². The van der Waals surface area contributed by atoms with E-state index in [0.717, 1.165) is 38.2 Å². The first kappa shape index (κ1) is 24.2. The van der Waals surface area contributed by atoms with Gasteiger partial charge in [-0.05, 0) is 43.0 Å². The van der Waals surface area contributed by atoms with E-state index in [1.54, 1.807) is 4.90 Å². The molecular weight excluding hydrogens is 444 g/mol. The van der Waals surface area contributed by atoms with Crippen LogP contribution in [-0.4, -0.2) is 62.0 Å². The molecule has 1 heterocycles. The average Bonchev–Trinajstić information content (AvgIpc) is 3.11. The third kappa shape index (κ3) is 7.01. The fourth-order valence-electron chi connectivity index (χ4n) is 4.24. The van der Waals surface area contributed by atoms with E-state index in [1.807, 2.05) is 0 Å². The van der Waals surface area contributed by atoms with Gasteiger partial charge in [-0.2, -0.15) is 8.78 Å². The second-order valence-corrected chi connectivity index (χ2v) is 10.3. The van der Waals surface area contributed by atoms with Gasteiger partial charge in [-0.25, -0.2) is 13.2 Å². The van der Waals surface area contributed by atoms with Gasteiger partial charge in [0.1, 0.15) is 5.75 Å². The number of carbonyl (C=O) groups is 2. The Labute approximate surface area is 186 Å². The first-order valence-corrected chi connectivity index (χ1v) is 12.5. The summed E-state index contributed by atoms with van der Waals surface area (Å²) in [6.07, 6.45) is 7.68. The van der Waals surface area contributed by atoms with Crippen LogP contribution in [0.3, 0.4) is 0 Å². The zero-order valence-electron chi connectivity index (χ0n) is 17.6. The van der Waals surface area contributed by atoms with Gasteiger partial charge in [0, 0.05) is 18.2 Å². The van der Waals surface area contributed by atoms with Crippen molar-refractivity contribution in [1.82, 2.24) is 4.90 Å². The molecule has 2 aliphatic rings. The van der Waals surface area contributed by atoms with Gasteiger partial charge in [-0.15, -0.1) is 0 Å². The normalized spacial score (nSPS) is 21.0. The topological polar surface area (TPSA) is 90.0 Å². The number of sulfone groups is 1. The lowest BCUT2D eigenvalue weighted by molar-refractivity contribution is -0.151. The predicted molar refractivity (Wildman–Crippen MR) is 114 cm³/mol. The van der Waals surface area contributed by atoms with Crippen molar-refractivity contribution in [1.29, 1.82) is 0 Å². The zero-order chi connectivity index (χ0) is 23.1. The van der Waals surface area contributed by atoms with Crippen LogP contribution in [0.4, 0.5) is 8.78 Å². The Morgan fingerprint density at radius 2 is 1.75 bits per heavy atom. The van der Waals surface area contributed by atoms with E-state index in [1.165, 1.54) is 30.3 Å². The number of halogens is 2. The zero-order valence-corrected chi connectivity index (χ0v) is 18.4. The third-order valence-corrected chi connectivity index (χ3v) is 7.46. The number of ether oxygens (including phenoxy) is 2. The summed E-state index contributed by atoms with van der Waals surface area (Å²) in [5.74, 6) is -1.09. The first-order valence-electron chi connectivity index (χ1n) is 10.6. The van der Waals surface area contributed by atoms with Gasteiger partial charge >= 0.3 is 12.6 Å². The molecular formula is C22H27F2NO6S. The minimum atomic E-state index is -3.16. The van der Waals surface area contributed by atoms with E-state index in [0.29, 0.717) is 12.0 Å². The molecule has 0 N–H and O–H groups in total. The number of hydrogen-bond donors (Lipinski definition) is 0. The number of rotatable bonds is 8. The SMILES string of the molecule is O=C(/C=C/c1ccc(OC(F)F)cc1)OCC(=O)N(C1CCCCC1)C1CCS(=O)(=O)C1. The number of hydrogen-bond acceptors (Lipinski definition) is 6. The Morgan fingerprint density at radius 1 is 1.06 bits per heavy atom. The van der Waals surface area contributed by atoms with Crippen LogP contribution in [0.15, 0.2) is 30.3 Å². The predicted octanol–water partition coefficient (Wildman–Crippen LogP) is 3.19. The molecule has 7 nitrogen and oxygen atoms in total. The van der Waals surface area contributed by atoms with E-state index in [4.69, 9.17) is 4.74 Å². The molecule has 2 fully saturated rings. The van der Waals surface area contributed by atoms with E-state index < -0.39 is 29.0 Å². The van der Waals surface area contributed by atoms with Crippen molar-refractivity contribution in [2.75, 3.05) is 18.1 Å². The van der Waals surface area contributed by atoms with Crippen molar-refractivity contribution >= 4 is 27.8 Å². The van der Waals surface area contributed by atoms with Gasteiger partial charge in [0.25, 0.3) is 5.91 Å². The molecule has 32 heavy (non-hydrogen) atoms. The standard InChI is InChI=1S/C22H27F2NO6S/c23-22(24)31-19-9-6-16(7-10-19)8-11-21(27)30-14-20(26)25(17-4-2-1-3-5-17)18-12-13-32(28,29)15-18/h6-11,17-18,22H,1-5,12-15H2/b11-8+. The van der Waals surface area contributed by atoms with Crippen molar-refractivity contribution in [2.24, 2.45) is 0 Å². The highest BCUT2D eigenvalue weighted by Crippen LogP contribution is 2.28. The van der Waals surface area contributed by atoms with E-state index in [-0.39, 0.29) is 35.2 Å². The maximum Gasteiger partial charge on any atom is 0.387 e. The Bertz CT molecular complexity index is 926. The first-order chi connectivity index (χ1) is 15.2. The molecule has 0 radical (unpaired) electrons. The molecule has 3 rings (SSSR count). The van der Waals surface area contributed by atoms with Crippen LogP contribution in [0.1, 0.15) is 44.1 Å². The van der Waals surface area contributed by atoms with Crippen LogP contribution in [0, 0.1) is 0 Å². The molecule has 1 aliphatic carbocycles. The monoisotopic (exact) mass is 471 g/mol. The van der Waals surface area contributed by atoms with Crippen LogP contribution in [0.5, 0.6) is 5.75 Å². The van der Waals surface area contributed by atoms with E-state index >= 15 is 0 Å². The second kappa shape index (κ2) is 10.9. The summed E-state index contributed by atoms with van der Waals surface area (Å²) < 4.78 is 57.6. The number of nitrogens with zero attached hydrogens (tertiary/aromatic N) is 1. The molecule has 1 saturated carbocycles. The summed E-state index contributed by atoms with van der Waals surface area (Å²) in [6, 6.07) is 5.28. The minimum absolute atomic E-state index is 0.00190. The summed E-state index contributed by atoms with van der Waals surface area (Å²) in [7, 11) is -3.16. The van der Waals surface area contributed by atoms with Crippen molar-refractivity contribution in [3.63, 3.8) is 0 Å². The Kier molecular flexibility index (Phi) is 8.22. The highest BCUT2D eigenvalue weighted by atomic mass is 32.2. The molecule has 0 aromatic heterocycles. The van der Waals surface area contributed by atoms with Gasteiger partial charge in [0.2, 0.25) is 0 Å². The van der Waals surface area contributed by atoms with Crippen LogP contribution in [0.2, 0.25) is 0 Å². The molecule has 1 amide bonds. The lowest BCUT2D eigenvalue weighted by Crippen LogP contribution is -2.50. The summed E-state index contributed by atoms with van der Waals surface area (Å²) in [6.45, 7) is -3.38. The molecule has 1 aromatic rings. The molecule has 176 valence electrons. The number of benzene rings is 1. The van der Waals surface area contributed by atoms with Gasteiger partial charge < -0.3 is 14.4 Å². The van der Waals surface area contributed by atoms with Crippen LogP contribution in [0.25, 0.3) is 6.08 Å². The maximum absolute atomic E-state index is 12.9. The number of alkyl halides is 2. The summed E-state index contributed by atoms with van der Waals surface area (Å²) in [5.41, 5.74) is 0.565. The fourth-order valence-corrected chi connectivity index (χ4v) is 5.95. The van der Waals surface area contributed by atoms with Crippen LogP contribution >= 0.6 is 0 Å². The summed E-state index contributed by atoms with van der Waals surface area (Å²) in [4.78, 5) is 26.6. The number of amides is 1. The number of carbonyl (C=O) groups excluding carboxylic acids is 2. The smallest absolute Gasteiger partial charge is 0.387 e. The van der Waals surface area contributed by atoms with Crippen molar-refractivity contribution < 1.29 is 36.3 Å². The summed E-state index contributed by atoms with van der Waals surface area (Å²) in [5, 5.41) is 0. The lowest BCUT2D eigenvalue weighted by Gasteiger charge is -2.38. The van der Waals surface area contributed by atoms with E-state index in [2.05, 4.69) is 4.74 Å². The average molecular weight is 472 g/mol. The Balaban J connectivity index is 1.56. The van der Waals surface area contributed by atoms with Crippen molar-refractivity contribution in [3.05, 3.63) is 35.9 Å². The van der Waals surface area contributed by atoms with Gasteiger partial charge in [0.15, 0.2) is 16.4 Å². The molecule has 10 heteroatoms. The molecule has 1 atom stereocenters. The molecule has 1 saturated heterocycles. The highest BCUT2D eigenvalue weighted by molar-refractivity contribution is 7.91. The van der Waals surface area contributed by atoms with Gasteiger partial charge in [-0.1, -0.05) is 31.4 Å². The molecule has 0 bridgehead atoms. The Hall–Kier alpha value is -2.49. The Morgan fingerprint density at radius 3 is 2.34 bits per heavy atom. The molecule has 1 aromatic carbocycles.